The molecular weight excluding hydrogens is 414 g/mol. The molecule has 1 saturated heterocycles. The Morgan fingerprint density at radius 1 is 1.13 bits per heavy atom. The molecule has 7 nitrogen and oxygen atoms in total. The number of likely N-dealkylation sites (N-methyl/N-ethyl adjacent to an activating group) is 1. The summed E-state index contributed by atoms with van der Waals surface area (Å²) in [6.45, 7) is 4.13. The van der Waals surface area contributed by atoms with Crippen LogP contribution in [0.1, 0.15) is 41.4 Å². The summed E-state index contributed by atoms with van der Waals surface area (Å²) in [5.41, 5.74) is 3.04. The average molecular weight is 444 g/mol. The van der Waals surface area contributed by atoms with Crippen molar-refractivity contribution in [1.82, 2.24) is 10.2 Å². The molecule has 0 saturated carbocycles. The van der Waals surface area contributed by atoms with Crippen LogP contribution in [0.2, 0.25) is 0 Å². The lowest BCUT2D eigenvalue weighted by Crippen LogP contribution is -2.34. The summed E-state index contributed by atoms with van der Waals surface area (Å²) in [6.07, 6.45) is 0.975. The quantitative estimate of drug-likeness (QED) is 0.711. The van der Waals surface area contributed by atoms with Crippen LogP contribution in [0.3, 0.4) is 0 Å². The van der Waals surface area contributed by atoms with Crippen molar-refractivity contribution in [2.45, 2.75) is 26.3 Å². The van der Waals surface area contributed by atoms with Gasteiger partial charge in [0.25, 0.3) is 5.91 Å². The highest BCUT2D eigenvalue weighted by Gasteiger charge is 2.41. The minimum Gasteiger partial charge on any atom is -0.350 e. The van der Waals surface area contributed by atoms with Crippen molar-refractivity contribution in [3.05, 3.63) is 65.2 Å². The van der Waals surface area contributed by atoms with Crippen molar-refractivity contribution in [3.63, 3.8) is 0 Å². The lowest BCUT2D eigenvalue weighted by atomic mass is 10.0. The number of nitrogens with one attached hydrogen (secondary N) is 1. The second-order valence-corrected chi connectivity index (χ2v) is 9.98. The zero-order chi connectivity index (χ0) is 22.8. The molecule has 166 valence electrons. The third kappa shape index (κ3) is 4.97. The van der Waals surface area contributed by atoms with E-state index in [0.29, 0.717) is 12.1 Å². The summed E-state index contributed by atoms with van der Waals surface area (Å²) in [6, 6.07) is 14.4. The van der Waals surface area contributed by atoms with Crippen molar-refractivity contribution in [1.29, 1.82) is 0 Å². The first-order chi connectivity index (χ1) is 14.6. The van der Waals surface area contributed by atoms with Gasteiger partial charge in [0.15, 0.2) is 0 Å². The van der Waals surface area contributed by atoms with E-state index >= 15 is 0 Å². The van der Waals surface area contributed by atoms with E-state index in [2.05, 4.69) is 41.4 Å². The number of nitrogens with zero attached hydrogens (tertiary/aromatic N) is 2. The fourth-order valence-electron chi connectivity index (χ4n) is 3.70. The van der Waals surface area contributed by atoms with Gasteiger partial charge in [-0.25, -0.2) is 12.7 Å². The number of rotatable bonds is 7. The standard InChI is InChI=1S/C23H29N3O4S/c1-5-17-6-8-18(9-7-17)21(25(3)4)14-24-22(27)19-10-12-20(13-11-19)26-23(28)16(2)15-31(26,29)30/h6-13,16,21H,5,14-15H2,1-4H3,(H,24,27). The van der Waals surface area contributed by atoms with Crippen LogP contribution in [0.25, 0.3) is 0 Å². The number of hydrogen-bond acceptors (Lipinski definition) is 5. The highest BCUT2D eigenvalue weighted by Crippen LogP contribution is 2.28. The van der Waals surface area contributed by atoms with Crippen LogP contribution in [-0.2, 0) is 21.2 Å². The zero-order valence-corrected chi connectivity index (χ0v) is 19.1. The molecule has 1 aliphatic rings. The largest absolute Gasteiger partial charge is 0.350 e. The predicted molar refractivity (Wildman–Crippen MR) is 121 cm³/mol. The second-order valence-electron chi connectivity index (χ2n) is 8.11. The molecular formula is C23H29N3O4S. The van der Waals surface area contributed by atoms with E-state index < -0.39 is 21.8 Å². The van der Waals surface area contributed by atoms with Crippen molar-refractivity contribution in [2.75, 3.05) is 30.7 Å². The molecule has 1 heterocycles. The van der Waals surface area contributed by atoms with E-state index in [0.717, 1.165) is 16.3 Å². The minimum atomic E-state index is -3.66. The molecule has 0 aliphatic carbocycles. The molecule has 1 aliphatic heterocycles. The smallest absolute Gasteiger partial charge is 0.251 e. The van der Waals surface area contributed by atoms with Crippen LogP contribution < -0.4 is 9.62 Å². The lowest BCUT2D eigenvalue weighted by molar-refractivity contribution is -0.119. The summed E-state index contributed by atoms with van der Waals surface area (Å²) in [4.78, 5) is 26.9. The van der Waals surface area contributed by atoms with E-state index in [-0.39, 0.29) is 23.4 Å². The van der Waals surface area contributed by atoms with E-state index in [1.807, 2.05) is 14.1 Å². The molecule has 31 heavy (non-hydrogen) atoms. The first-order valence-corrected chi connectivity index (χ1v) is 11.9. The number of hydrogen-bond donors (Lipinski definition) is 1. The second kappa shape index (κ2) is 9.20. The molecule has 1 fully saturated rings. The van der Waals surface area contributed by atoms with E-state index in [4.69, 9.17) is 0 Å². The normalized spacial score (nSPS) is 18.9. The predicted octanol–water partition coefficient (Wildman–Crippen LogP) is 2.59. The van der Waals surface area contributed by atoms with Gasteiger partial charge in [0.2, 0.25) is 15.9 Å². The van der Waals surface area contributed by atoms with Gasteiger partial charge in [-0.3, -0.25) is 9.59 Å². The fourth-order valence-corrected chi connectivity index (χ4v) is 5.52. The van der Waals surface area contributed by atoms with Gasteiger partial charge in [0, 0.05) is 12.1 Å². The summed E-state index contributed by atoms with van der Waals surface area (Å²) < 4.78 is 25.3. The van der Waals surface area contributed by atoms with Gasteiger partial charge in [-0.15, -0.1) is 0 Å². The Labute approximate surface area is 184 Å². The molecule has 8 heteroatoms. The van der Waals surface area contributed by atoms with Crippen LogP contribution in [0.4, 0.5) is 5.69 Å². The lowest BCUT2D eigenvalue weighted by Gasteiger charge is -2.25. The SMILES string of the molecule is CCc1ccc(C(CNC(=O)c2ccc(N3C(=O)C(C)CS3(=O)=O)cc2)N(C)C)cc1. The minimum absolute atomic E-state index is 0.0166. The summed E-state index contributed by atoms with van der Waals surface area (Å²) in [5, 5.41) is 2.95. The highest BCUT2D eigenvalue weighted by atomic mass is 32.2. The zero-order valence-electron chi connectivity index (χ0n) is 18.3. The van der Waals surface area contributed by atoms with Gasteiger partial charge in [-0.05, 0) is 55.9 Å². The van der Waals surface area contributed by atoms with E-state index in [9.17, 15) is 18.0 Å². The van der Waals surface area contributed by atoms with Gasteiger partial charge in [-0.1, -0.05) is 38.1 Å². The van der Waals surface area contributed by atoms with Gasteiger partial charge < -0.3 is 10.2 Å². The maximum Gasteiger partial charge on any atom is 0.251 e. The van der Waals surface area contributed by atoms with Crippen LogP contribution in [-0.4, -0.2) is 51.5 Å². The summed E-state index contributed by atoms with van der Waals surface area (Å²) in [7, 11) is 0.272. The Morgan fingerprint density at radius 3 is 2.23 bits per heavy atom. The third-order valence-electron chi connectivity index (χ3n) is 5.58. The summed E-state index contributed by atoms with van der Waals surface area (Å²) in [5.74, 6) is -1.46. The number of anilines is 1. The Morgan fingerprint density at radius 2 is 1.74 bits per heavy atom. The van der Waals surface area contributed by atoms with Crippen LogP contribution >= 0.6 is 0 Å². The Balaban J connectivity index is 1.69. The third-order valence-corrected chi connectivity index (χ3v) is 7.44. The first-order valence-electron chi connectivity index (χ1n) is 10.3. The highest BCUT2D eigenvalue weighted by molar-refractivity contribution is 7.94. The van der Waals surface area contributed by atoms with Crippen molar-refractivity contribution < 1.29 is 18.0 Å². The fraction of sp³-hybridized carbons (Fsp3) is 0.391. The van der Waals surface area contributed by atoms with Crippen LogP contribution in [0.5, 0.6) is 0 Å². The number of carbonyl (C=O) groups is 2. The van der Waals surface area contributed by atoms with Crippen molar-refractivity contribution in [3.8, 4) is 0 Å². The molecule has 0 aromatic heterocycles. The molecule has 0 spiro atoms. The van der Waals surface area contributed by atoms with Crippen molar-refractivity contribution >= 4 is 27.5 Å². The first kappa shape index (κ1) is 23.0. The molecule has 0 bridgehead atoms. The van der Waals surface area contributed by atoms with Crippen LogP contribution in [0.15, 0.2) is 48.5 Å². The Kier molecular flexibility index (Phi) is 6.81. The van der Waals surface area contributed by atoms with Crippen LogP contribution in [0, 0.1) is 5.92 Å². The van der Waals surface area contributed by atoms with E-state index in [1.54, 1.807) is 6.92 Å². The average Bonchev–Trinajstić information content (AvgIpc) is 2.94. The van der Waals surface area contributed by atoms with Gasteiger partial charge in [0.05, 0.1) is 23.4 Å². The maximum absolute atomic E-state index is 12.7. The van der Waals surface area contributed by atoms with Gasteiger partial charge >= 0.3 is 0 Å². The molecule has 2 unspecified atom stereocenters. The molecule has 0 radical (unpaired) electrons. The Hall–Kier alpha value is -2.71. The molecule has 2 amide bonds. The monoisotopic (exact) mass is 443 g/mol. The molecule has 2 atom stereocenters. The Bertz CT molecular complexity index is 1050. The maximum atomic E-state index is 12.7. The number of benzene rings is 2. The number of carbonyl (C=O) groups excluding carboxylic acids is 2. The number of sulfonamides is 1. The molecule has 1 N–H and O–H groups in total. The number of aryl methyl sites for hydroxylation is 1. The topological polar surface area (TPSA) is 86.8 Å². The van der Waals surface area contributed by atoms with Gasteiger partial charge in [0.1, 0.15) is 0 Å². The number of amides is 2. The van der Waals surface area contributed by atoms with Crippen molar-refractivity contribution in [2.24, 2.45) is 5.92 Å². The molecule has 2 aromatic carbocycles. The van der Waals surface area contributed by atoms with Gasteiger partial charge in [-0.2, -0.15) is 0 Å². The summed E-state index contributed by atoms with van der Waals surface area (Å²) >= 11 is 0. The molecule has 3 rings (SSSR count). The molecule has 2 aromatic rings. The van der Waals surface area contributed by atoms with E-state index in [1.165, 1.54) is 29.8 Å².